The molecule has 2 bridgehead atoms. The fourth-order valence-electron chi connectivity index (χ4n) is 6.67. The minimum Gasteiger partial charge on any atom is -0.508 e. The second kappa shape index (κ2) is 7.91. The zero-order chi connectivity index (χ0) is 22.5. The molecule has 4 nitrogen and oxygen atoms in total. The highest BCUT2D eigenvalue weighted by molar-refractivity contribution is 5.80. The fraction of sp³-hybridized carbons (Fsp3) is 0.536. The van der Waals surface area contributed by atoms with E-state index in [1.54, 1.807) is 6.07 Å². The first-order valence-corrected chi connectivity index (χ1v) is 12.2. The molecule has 2 aromatic carbocycles. The first-order valence-electron chi connectivity index (χ1n) is 12.2. The molecule has 3 aliphatic rings. The highest BCUT2D eigenvalue weighted by Crippen LogP contribution is 2.57. The van der Waals surface area contributed by atoms with Crippen LogP contribution in [0.3, 0.4) is 0 Å². The molecular formula is C28H36N2O2. The summed E-state index contributed by atoms with van der Waals surface area (Å²) in [5.41, 5.74) is 3.55. The molecule has 2 fully saturated rings. The van der Waals surface area contributed by atoms with Gasteiger partial charge in [0, 0.05) is 36.5 Å². The summed E-state index contributed by atoms with van der Waals surface area (Å²) in [6.07, 6.45) is 4.65. The normalized spacial score (nSPS) is 30.7. The maximum absolute atomic E-state index is 13.7. The zero-order valence-electron chi connectivity index (χ0n) is 19.6. The van der Waals surface area contributed by atoms with Gasteiger partial charge in [0.2, 0.25) is 5.91 Å². The Morgan fingerprint density at radius 2 is 1.88 bits per heavy atom. The number of hydrogen-bond acceptors (Lipinski definition) is 3. The van der Waals surface area contributed by atoms with E-state index in [9.17, 15) is 9.90 Å². The number of rotatable bonds is 4. The Hall–Kier alpha value is -2.33. The number of hydrogen-bond donors (Lipinski definition) is 2. The molecule has 1 saturated carbocycles. The van der Waals surface area contributed by atoms with E-state index in [-0.39, 0.29) is 22.8 Å². The lowest BCUT2D eigenvalue weighted by Gasteiger charge is -2.61. The van der Waals surface area contributed by atoms with Crippen molar-refractivity contribution in [3.05, 3.63) is 65.2 Å². The Balaban J connectivity index is 1.31. The number of nitrogens with one attached hydrogen (secondary N) is 1. The van der Waals surface area contributed by atoms with E-state index in [2.05, 4.69) is 61.3 Å². The third-order valence-corrected chi connectivity index (χ3v) is 9.13. The third-order valence-electron chi connectivity index (χ3n) is 9.13. The van der Waals surface area contributed by atoms with Gasteiger partial charge in [-0.3, -0.25) is 4.79 Å². The molecule has 4 atom stereocenters. The molecule has 4 heteroatoms. The van der Waals surface area contributed by atoms with Gasteiger partial charge < -0.3 is 15.3 Å². The minimum absolute atomic E-state index is 0.0315. The standard InChI is InChI=1S/C28H36N2O2/c1-27(2)25-17-22-23(10-7-11-24(22)31)28(27,3)14-15-30(25)26(32)20-12-13-21(16-20)29-18-19-8-5-4-6-9-19/h4-11,20-21,25,29,31H,12-18H2,1-3H3/t20-,21-,25-,28+/m1/s1. The van der Waals surface area contributed by atoms with Gasteiger partial charge in [0.1, 0.15) is 5.75 Å². The Morgan fingerprint density at radius 1 is 1.09 bits per heavy atom. The van der Waals surface area contributed by atoms with Gasteiger partial charge in [-0.15, -0.1) is 0 Å². The summed E-state index contributed by atoms with van der Waals surface area (Å²) in [5, 5.41) is 14.3. The molecule has 0 radical (unpaired) electrons. The van der Waals surface area contributed by atoms with Gasteiger partial charge in [-0.2, -0.15) is 0 Å². The topological polar surface area (TPSA) is 52.6 Å². The molecule has 1 saturated heterocycles. The molecule has 2 aliphatic carbocycles. The Bertz CT molecular complexity index is 1000. The van der Waals surface area contributed by atoms with Gasteiger partial charge in [0.25, 0.3) is 0 Å². The number of amides is 1. The lowest BCUT2D eigenvalue weighted by molar-refractivity contribution is -0.148. The van der Waals surface area contributed by atoms with Gasteiger partial charge >= 0.3 is 0 Å². The average Bonchev–Trinajstić information content (AvgIpc) is 3.25. The van der Waals surface area contributed by atoms with E-state index in [4.69, 9.17) is 0 Å². The fourth-order valence-corrected chi connectivity index (χ4v) is 6.67. The molecule has 32 heavy (non-hydrogen) atoms. The van der Waals surface area contributed by atoms with Crippen LogP contribution in [0.4, 0.5) is 0 Å². The van der Waals surface area contributed by atoms with Crippen molar-refractivity contribution >= 4 is 5.91 Å². The second-order valence-corrected chi connectivity index (χ2v) is 10.9. The molecule has 5 rings (SSSR count). The van der Waals surface area contributed by atoms with Crippen molar-refractivity contribution in [3.63, 3.8) is 0 Å². The number of nitrogens with zero attached hydrogens (tertiary/aromatic N) is 1. The highest BCUT2D eigenvalue weighted by Gasteiger charge is 2.57. The summed E-state index contributed by atoms with van der Waals surface area (Å²) in [7, 11) is 0. The number of carbonyl (C=O) groups is 1. The SMILES string of the molecule is CC1(C)[C@H]2Cc3c(O)cccc3[C@]1(C)CCN2C(=O)[C@@H]1CC[C@@H](NCc2ccccc2)C1. The van der Waals surface area contributed by atoms with Crippen molar-refractivity contribution in [2.24, 2.45) is 11.3 Å². The van der Waals surface area contributed by atoms with Crippen LogP contribution in [0.1, 0.15) is 63.1 Å². The third kappa shape index (κ3) is 3.35. The van der Waals surface area contributed by atoms with Gasteiger partial charge in [-0.05, 0) is 60.3 Å². The van der Waals surface area contributed by atoms with E-state index in [0.717, 1.165) is 50.8 Å². The molecular weight excluding hydrogens is 396 g/mol. The van der Waals surface area contributed by atoms with Crippen molar-refractivity contribution in [2.45, 2.75) is 76.9 Å². The first-order chi connectivity index (χ1) is 15.3. The van der Waals surface area contributed by atoms with Crippen molar-refractivity contribution in [1.82, 2.24) is 10.2 Å². The first kappa shape index (κ1) is 21.5. The van der Waals surface area contributed by atoms with E-state index in [1.165, 1.54) is 11.1 Å². The second-order valence-electron chi connectivity index (χ2n) is 10.9. The van der Waals surface area contributed by atoms with E-state index in [1.807, 2.05) is 12.1 Å². The van der Waals surface area contributed by atoms with Crippen LogP contribution in [-0.4, -0.2) is 34.5 Å². The van der Waals surface area contributed by atoms with Crippen LogP contribution < -0.4 is 5.32 Å². The monoisotopic (exact) mass is 432 g/mol. The van der Waals surface area contributed by atoms with E-state index < -0.39 is 0 Å². The summed E-state index contributed by atoms with van der Waals surface area (Å²) >= 11 is 0. The predicted molar refractivity (Wildman–Crippen MR) is 127 cm³/mol. The van der Waals surface area contributed by atoms with Crippen LogP contribution in [0.15, 0.2) is 48.5 Å². The van der Waals surface area contributed by atoms with E-state index in [0.29, 0.717) is 17.7 Å². The number of phenolic OH excluding ortho intramolecular Hbond substituents is 1. The Labute approximate surface area is 192 Å². The lowest BCUT2D eigenvalue weighted by atomic mass is 9.51. The minimum atomic E-state index is -0.0364. The van der Waals surface area contributed by atoms with Gasteiger partial charge in [-0.1, -0.05) is 63.2 Å². The summed E-state index contributed by atoms with van der Waals surface area (Å²) in [6.45, 7) is 8.65. The van der Waals surface area contributed by atoms with Crippen molar-refractivity contribution in [1.29, 1.82) is 0 Å². The number of phenols is 1. The number of likely N-dealkylation sites (tertiary alicyclic amines) is 1. The number of fused-ring (bicyclic) bond motifs is 4. The molecule has 1 heterocycles. The quantitative estimate of drug-likeness (QED) is 0.730. The smallest absolute Gasteiger partial charge is 0.226 e. The summed E-state index contributed by atoms with van der Waals surface area (Å²) in [6, 6.07) is 17.0. The summed E-state index contributed by atoms with van der Waals surface area (Å²) in [4.78, 5) is 15.9. The average molecular weight is 433 g/mol. The molecule has 2 N–H and O–H groups in total. The molecule has 170 valence electrons. The van der Waals surface area contributed by atoms with Gasteiger partial charge in [0.05, 0.1) is 0 Å². The van der Waals surface area contributed by atoms with Crippen LogP contribution in [0.5, 0.6) is 5.75 Å². The van der Waals surface area contributed by atoms with E-state index >= 15 is 0 Å². The zero-order valence-corrected chi connectivity index (χ0v) is 19.6. The summed E-state index contributed by atoms with van der Waals surface area (Å²) < 4.78 is 0. The number of aromatic hydroxyl groups is 1. The number of benzene rings is 2. The van der Waals surface area contributed by atoms with Crippen LogP contribution >= 0.6 is 0 Å². The van der Waals surface area contributed by atoms with Crippen molar-refractivity contribution in [3.8, 4) is 5.75 Å². The van der Waals surface area contributed by atoms with Gasteiger partial charge in [-0.25, -0.2) is 0 Å². The number of piperidine rings is 1. The molecule has 0 spiro atoms. The van der Waals surface area contributed by atoms with Crippen molar-refractivity contribution in [2.75, 3.05) is 6.54 Å². The molecule has 1 aliphatic heterocycles. The largest absolute Gasteiger partial charge is 0.508 e. The molecule has 0 unspecified atom stereocenters. The summed E-state index contributed by atoms with van der Waals surface area (Å²) in [5.74, 6) is 0.816. The van der Waals surface area contributed by atoms with Gasteiger partial charge in [0.15, 0.2) is 0 Å². The Morgan fingerprint density at radius 3 is 2.66 bits per heavy atom. The van der Waals surface area contributed by atoms with Crippen LogP contribution in [0.2, 0.25) is 0 Å². The van der Waals surface area contributed by atoms with Crippen LogP contribution in [0, 0.1) is 11.3 Å². The number of carbonyl (C=O) groups excluding carboxylic acids is 1. The molecule has 1 amide bonds. The molecule has 2 aromatic rings. The highest BCUT2D eigenvalue weighted by atomic mass is 16.3. The van der Waals surface area contributed by atoms with Crippen LogP contribution in [-0.2, 0) is 23.2 Å². The molecule has 0 aromatic heterocycles. The maximum atomic E-state index is 13.7. The lowest BCUT2D eigenvalue weighted by Crippen LogP contribution is -2.65. The van der Waals surface area contributed by atoms with Crippen LogP contribution in [0.25, 0.3) is 0 Å². The maximum Gasteiger partial charge on any atom is 0.226 e. The predicted octanol–water partition coefficient (Wildman–Crippen LogP) is 4.79. The Kier molecular flexibility index (Phi) is 5.32. The van der Waals surface area contributed by atoms with Crippen molar-refractivity contribution < 1.29 is 9.90 Å².